The van der Waals surface area contributed by atoms with Crippen molar-refractivity contribution < 1.29 is 13.2 Å². The number of piperazine rings is 1. The molecule has 0 unspecified atom stereocenters. The number of sulfonamides is 1. The van der Waals surface area contributed by atoms with Crippen LogP contribution >= 0.6 is 0 Å². The third-order valence-corrected chi connectivity index (χ3v) is 7.32. The van der Waals surface area contributed by atoms with Gasteiger partial charge in [0, 0.05) is 44.0 Å². The second-order valence-electron chi connectivity index (χ2n) is 8.56. The van der Waals surface area contributed by atoms with Crippen LogP contribution in [0.4, 0.5) is 5.69 Å². The van der Waals surface area contributed by atoms with E-state index in [2.05, 4.69) is 26.9 Å². The standard InChI is InChI=1S/C24H34N4O3S/c1-19-9-10-20(2)23(17-19)32(30,31)26-22-8-6-7-21(18-22)24(29)25-11-4-5-12-28-15-13-27(3)14-16-28/h6-10,17-18,26H,4-5,11-16H2,1-3H3,(H,25,29). The minimum Gasteiger partial charge on any atom is -0.352 e. The highest BCUT2D eigenvalue weighted by molar-refractivity contribution is 7.92. The molecule has 7 nitrogen and oxygen atoms in total. The van der Waals surface area contributed by atoms with Gasteiger partial charge in [-0.3, -0.25) is 9.52 Å². The van der Waals surface area contributed by atoms with Crippen molar-refractivity contribution in [2.24, 2.45) is 0 Å². The first-order valence-corrected chi connectivity index (χ1v) is 12.6. The first-order chi connectivity index (χ1) is 15.2. The van der Waals surface area contributed by atoms with Crippen LogP contribution in [0.25, 0.3) is 0 Å². The molecule has 2 aromatic carbocycles. The van der Waals surface area contributed by atoms with Crippen molar-refractivity contribution in [3.63, 3.8) is 0 Å². The number of anilines is 1. The van der Waals surface area contributed by atoms with Crippen LogP contribution in [0.5, 0.6) is 0 Å². The molecule has 0 atom stereocenters. The van der Waals surface area contributed by atoms with Crippen LogP contribution in [0.2, 0.25) is 0 Å². The monoisotopic (exact) mass is 458 g/mol. The van der Waals surface area contributed by atoms with Crippen LogP contribution < -0.4 is 10.0 Å². The van der Waals surface area contributed by atoms with Crippen molar-refractivity contribution in [3.8, 4) is 0 Å². The summed E-state index contributed by atoms with van der Waals surface area (Å²) in [4.78, 5) is 17.6. The van der Waals surface area contributed by atoms with E-state index in [9.17, 15) is 13.2 Å². The lowest BCUT2D eigenvalue weighted by Gasteiger charge is -2.32. The summed E-state index contributed by atoms with van der Waals surface area (Å²) >= 11 is 0. The van der Waals surface area contributed by atoms with Gasteiger partial charge in [-0.05, 0) is 75.7 Å². The van der Waals surface area contributed by atoms with E-state index in [0.717, 1.165) is 51.1 Å². The fourth-order valence-electron chi connectivity index (χ4n) is 3.77. The van der Waals surface area contributed by atoms with Crippen LogP contribution in [0.15, 0.2) is 47.4 Å². The maximum absolute atomic E-state index is 12.8. The lowest BCUT2D eigenvalue weighted by Crippen LogP contribution is -2.44. The predicted molar refractivity (Wildman–Crippen MR) is 129 cm³/mol. The van der Waals surface area contributed by atoms with Gasteiger partial charge in [0.05, 0.1) is 4.90 Å². The molecule has 1 fully saturated rings. The van der Waals surface area contributed by atoms with E-state index >= 15 is 0 Å². The van der Waals surface area contributed by atoms with Gasteiger partial charge in [-0.15, -0.1) is 0 Å². The quantitative estimate of drug-likeness (QED) is 0.565. The maximum Gasteiger partial charge on any atom is 0.262 e. The number of benzene rings is 2. The van der Waals surface area contributed by atoms with E-state index in [4.69, 9.17) is 0 Å². The van der Waals surface area contributed by atoms with E-state index < -0.39 is 10.0 Å². The van der Waals surface area contributed by atoms with E-state index in [1.54, 1.807) is 43.3 Å². The van der Waals surface area contributed by atoms with Gasteiger partial charge in [-0.1, -0.05) is 18.2 Å². The number of nitrogens with zero attached hydrogens (tertiary/aromatic N) is 2. The molecule has 174 valence electrons. The Bertz CT molecular complexity index is 1030. The highest BCUT2D eigenvalue weighted by atomic mass is 32.2. The van der Waals surface area contributed by atoms with Gasteiger partial charge in [0.2, 0.25) is 0 Å². The fraction of sp³-hybridized carbons (Fsp3) is 0.458. The number of likely N-dealkylation sites (N-methyl/N-ethyl adjacent to an activating group) is 1. The average Bonchev–Trinajstić information content (AvgIpc) is 2.76. The number of nitrogens with one attached hydrogen (secondary N) is 2. The van der Waals surface area contributed by atoms with Crippen molar-refractivity contribution in [3.05, 3.63) is 59.2 Å². The number of unbranched alkanes of at least 4 members (excludes halogenated alkanes) is 1. The van der Waals surface area contributed by atoms with Crippen LogP contribution in [-0.2, 0) is 10.0 Å². The average molecular weight is 459 g/mol. The first kappa shape index (κ1) is 24.2. The van der Waals surface area contributed by atoms with Crippen molar-refractivity contribution in [2.45, 2.75) is 31.6 Å². The number of amides is 1. The Morgan fingerprint density at radius 2 is 1.75 bits per heavy atom. The minimum absolute atomic E-state index is 0.197. The largest absolute Gasteiger partial charge is 0.352 e. The maximum atomic E-state index is 12.8. The zero-order chi connectivity index (χ0) is 23.1. The highest BCUT2D eigenvalue weighted by Gasteiger charge is 2.18. The van der Waals surface area contributed by atoms with Gasteiger partial charge in [0.15, 0.2) is 0 Å². The molecule has 0 aliphatic carbocycles. The van der Waals surface area contributed by atoms with E-state index in [0.29, 0.717) is 23.4 Å². The second-order valence-corrected chi connectivity index (χ2v) is 10.2. The number of carbonyl (C=O) groups excluding carboxylic acids is 1. The molecule has 0 bridgehead atoms. The molecular weight excluding hydrogens is 424 g/mol. The number of hydrogen-bond donors (Lipinski definition) is 2. The van der Waals surface area contributed by atoms with E-state index in [-0.39, 0.29) is 10.8 Å². The fourth-order valence-corrected chi connectivity index (χ4v) is 5.15. The third kappa shape index (κ3) is 6.79. The molecule has 8 heteroatoms. The predicted octanol–water partition coefficient (Wildman–Crippen LogP) is 2.86. The number of hydrogen-bond acceptors (Lipinski definition) is 5. The number of aryl methyl sites for hydroxylation is 2. The van der Waals surface area contributed by atoms with Crippen molar-refractivity contribution in [1.29, 1.82) is 0 Å². The molecule has 2 N–H and O–H groups in total. The lowest BCUT2D eigenvalue weighted by molar-refractivity contribution is 0.0952. The first-order valence-electron chi connectivity index (χ1n) is 11.1. The molecule has 3 rings (SSSR count). The summed E-state index contributed by atoms with van der Waals surface area (Å²) in [5, 5.41) is 2.94. The molecule has 0 aromatic heterocycles. The Kier molecular flexibility index (Phi) is 8.28. The van der Waals surface area contributed by atoms with Crippen LogP contribution in [0.1, 0.15) is 34.3 Å². The molecule has 1 heterocycles. The van der Waals surface area contributed by atoms with Gasteiger partial charge in [-0.2, -0.15) is 0 Å². The van der Waals surface area contributed by atoms with Gasteiger partial charge in [0.1, 0.15) is 0 Å². The molecule has 1 aliphatic heterocycles. The van der Waals surface area contributed by atoms with Crippen LogP contribution in [0.3, 0.4) is 0 Å². The lowest BCUT2D eigenvalue weighted by atomic mass is 10.2. The zero-order valence-corrected chi connectivity index (χ0v) is 20.0. The van der Waals surface area contributed by atoms with E-state index in [1.807, 2.05) is 13.0 Å². The van der Waals surface area contributed by atoms with E-state index in [1.165, 1.54) is 0 Å². The SMILES string of the molecule is Cc1ccc(C)c(S(=O)(=O)Nc2cccc(C(=O)NCCCCN3CCN(C)CC3)c2)c1. The molecular formula is C24H34N4O3S. The minimum atomic E-state index is -3.74. The Morgan fingerprint density at radius 3 is 2.50 bits per heavy atom. The summed E-state index contributed by atoms with van der Waals surface area (Å²) < 4.78 is 28.3. The van der Waals surface area contributed by atoms with Gasteiger partial charge in [-0.25, -0.2) is 8.42 Å². The van der Waals surface area contributed by atoms with Crippen LogP contribution in [-0.4, -0.2) is 70.4 Å². The Morgan fingerprint density at radius 1 is 1.00 bits per heavy atom. The van der Waals surface area contributed by atoms with Crippen molar-refractivity contribution in [2.75, 3.05) is 51.0 Å². The number of rotatable bonds is 9. The highest BCUT2D eigenvalue weighted by Crippen LogP contribution is 2.21. The molecule has 1 aliphatic rings. The summed E-state index contributed by atoms with van der Waals surface area (Å²) in [5.74, 6) is -0.197. The molecule has 0 spiro atoms. The summed E-state index contributed by atoms with van der Waals surface area (Å²) in [7, 11) is -1.59. The summed E-state index contributed by atoms with van der Waals surface area (Å²) in [6, 6.07) is 11.9. The third-order valence-electron chi connectivity index (χ3n) is 5.79. The second kappa shape index (κ2) is 10.9. The molecule has 0 radical (unpaired) electrons. The summed E-state index contributed by atoms with van der Waals surface area (Å²) in [6.45, 7) is 9.71. The van der Waals surface area contributed by atoms with Gasteiger partial charge >= 0.3 is 0 Å². The van der Waals surface area contributed by atoms with Crippen molar-refractivity contribution >= 4 is 21.6 Å². The number of carbonyl (C=O) groups is 1. The van der Waals surface area contributed by atoms with Gasteiger partial charge in [0.25, 0.3) is 15.9 Å². The topological polar surface area (TPSA) is 81.7 Å². The van der Waals surface area contributed by atoms with Crippen molar-refractivity contribution in [1.82, 2.24) is 15.1 Å². The zero-order valence-electron chi connectivity index (χ0n) is 19.2. The van der Waals surface area contributed by atoms with Gasteiger partial charge < -0.3 is 15.1 Å². The Balaban J connectivity index is 1.50. The van der Waals surface area contributed by atoms with Crippen LogP contribution in [0, 0.1) is 13.8 Å². The summed E-state index contributed by atoms with van der Waals surface area (Å²) in [6.07, 6.45) is 1.96. The molecule has 1 saturated heterocycles. The smallest absolute Gasteiger partial charge is 0.262 e. The molecule has 0 saturated carbocycles. The Labute approximate surface area is 191 Å². The normalized spacial score (nSPS) is 15.5. The molecule has 32 heavy (non-hydrogen) atoms. The summed E-state index contributed by atoms with van der Waals surface area (Å²) in [5.41, 5.74) is 2.35. The Hall–Kier alpha value is -2.42. The molecule has 2 aromatic rings. The molecule has 1 amide bonds.